The number of benzene rings is 1. The maximum atomic E-state index is 11.6. The number of carbonyl (C=O) groups excluding carboxylic acids is 1. The number of carbonyl (C=O) groups is 1. The molecule has 5 heteroatoms. The van der Waals surface area contributed by atoms with Crippen LogP contribution < -0.4 is 5.32 Å². The molecule has 1 amide bonds. The van der Waals surface area contributed by atoms with E-state index in [0.717, 1.165) is 0 Å². The number of amides is 1. The Morgan fingerprint density at radius 2 is 2.31 bits per heavy atom. The maximum absolute atomic E-state index is 11.6. The van der Waals surface area contributed by atoms with Crippen LogP contribution in [0, 0.1) is 29.4 Å². The van der Waals surface area contributed by atoms with Gasteiger partial charge in [0.05, 0.1) is 11.5 Å². The molecule has 1 aromatic rings. The van der Waals surface area contributed by atoms with Gasteiger partial charge in [-0.3, -0.25) is 14.9 Å². The van der Waals surface area contributed by atoms with Gasteiger partial charge < -0.3 is 5.32 Å². The third-order valence-electron chi connectivity index (χ3n) is 2.02. The van der Waals surface area contributed by atoms with Crippen molar-refractivity contribution >= 4 is 11.6 Å². The van der Waals surface area contributed by atoms with Crippen LogP contribution in [0.5, 0.6) is 0 Å². The molecule has 0 heterocycles. The Bertz CT molecular complexity index is 475. The van der Waals surface area contributed by atoms with E-state index < -0.39 is 10.8 Å². The fraction of sp³-hybridized carbons (Fsp3) is 0.182. The molecule has 0 bridgehead atoms. The summed E-state index contributed by atoms with van der Waals surface area (Å²) in [5, 5.41) is 13.2. The first-order valence-corrected chi connectivity index (χ1v) is 4.53. The van der Waals surface area contributed by atoms with Crippen molar-refractivity contribution in [2.45, 2.75) is 6.92 Å². The van der Waals surface area contributed by atoms with Crippen LogP contribution >= 0.6 is 0 Å². The van der Waals surface area contributed by atoms with Crippen LogP contribution in [0.4, 0.5) is 5.69 Å². The van der Waals surface area contributed by atoms with E-state index >= 15 is 0 Å². The molecule has 1 N–H and O–H groups in total. The Morgan fingerprint density at radius 3 is 2.88 bits per heavy atom. The van der Waals surface area contributed by atoms with E-state index in [1.54, 1.807) is 19.1 Å². The number of terminal acetylenes is 1. The number of rotatable bonds is 3. The zero-order chi connectivity index (χ0) is 12.1. The minimum absolute atomic E-state index is 0.0280. The number of nitrogens with zero attached hydrogens (tertiary/aromatic N) is 1. The van der Waals surface area contributed by atoms with E-state index in [-0.39, 0.29) is 17.8 Å². The Morgan fingerprint density at radius 1 is 1.62 bits per heavy atom. The van der Waals surface area contributed by atoms with Gasteiger partial charge >= 0.3 is 0 Å². The maximum Gasteiger partial charge on any atom is 0.285 e. The molecular weight excluding hydrogens is 208 g/mol. The van der Waals surface area contributed by atoms with Crippen molar-refractivity contribution in [3.63, 3.8) is 0 Å². The standard InChI is InChI=1S/C11H10N2O3/c1-3-7-12-11(14)9-6-4-5-8(2)10(9)13(15)16/h1,4-6H,7H2,2H3,(H,12,14). The summed E-state index contributed by atoms with van der Waals surface area (Å²) in [6, 6.07) is 4.57. The molecule has 0 aromatic heterocycles. The van der Waals surface area contributed by atoms with Crippen LogP contribution in [0.15, 0.2) is 18.2 Å². The minimum atomic E-state index is -0.569. The van der Waals surface area contributed by atoms with Crippen molar-refractivity contribution < 1.29 is 9.72 Å². The summed E-state index contributed by atoms with van der Waals surface area (Å²) in [5.41, 5.74) is 0.288. The highest BCUT2D eigenvalue weighted by Gasteiger charge is 2.21. The third-order valence-corrected chi connectivity index (χ3v) is 2.02. The third kappa shape index (κ3) is 2.36. The lowest BCUT2D eigenvalue weighted by Crippen LogP contribution is -2.24. The monoisotopic (exact) mass is 218 g/mol. The van der Waals surface area contributed by atoms with E-state index in [1.165, 1.54) is 6.07 Å². The first-order chi connectivity index (χ1) is 7.57. The molecule has 0 unspecified atom stereocenters. The lowest BCUT2D eigenvalue weighted by Gasteiger charge is -2.04. The normalized spacial score (nSPS) is 9.25. The van der Waals surface area contributed by atoms with Gasteiger partial charge in [0.1, 0.15) is 5.56 Å². The molecule has 0 saturated carbocycles. The minimum Gasteiger partial charge on any atom is -0.341 e. The van der Waals surface area contributed by atoms with E-state index in [1.807, 2.05) is 0 Å². The average molecular weight is 218 g/mol. The van der Waals surface area contributed by atoms with Gasteiger partial charge in [0.25, 0.3) is 11.6 Å². The number of nitrogens with one attached hydrogen (secondary N) is 1. The van der Waals surface area contributed by atoms with Crippen LogP contribution in [0.3, 0.4) is 0 Å². The van der Waals surface area contributed by atoms with Crippen LogP contribution in [-0.2, 0) is 0 Å². The Labute approximate surface area is 92.6 Å². The molecule has 0 spiro atoms. The molecule has 1 rings (SSSR count). The molecular formula is C11H10N2O3. The van der Waals surface area contributed by atoms with Crippen molar-refractivity contribution in [1.82, 2.24) is 5.32 Å². The molecule has 5 nitrogen and oxygen atoms in total. The quantitative estimate of drug-likeness (QED) is 0.471. The van der Waals surface area contributed by atoms with Crippen molar-refractivity contribution in [2.75, 3.05) is 6.54 Å². The SMILES string of the molecule is C#CCNC(=O)c1cccc(C)c1[N+](=O)[O-]. The van der Waals surface area contributed by atoms with Gasteiger partial charge in [-0.2, -0.15) is 0 Å². The molecule has 0 aliphatic carbocycles. The van der Waals surface area contributed by atoms with Gasteiger partial charge in [-0.25, -0.2) is 0 Å². The first kappa shape index (κ1) is 11.7. The molecule has 0 aliphatic rings. The van der Waals surface area contributed by atoms with E-state index in [0.29, 0.717) is 5.56 Å². The lowest BCUT2D eigenvalue weighted by atomic mass is 10.1. The topological polar surface area (TPSA) is 72.2 Å². The highest BCUT2D eigenvalue weighted by atomic mass is 16.6. The van der Waals surface area contributed by atoms with Crippen molar-refractivity contribution in [3.05, 3.63) is 39.4 Å². The second kappa shape index (κ2) is 4.94. The second-order valence-corrected chi connectivity index (χ2v) is 3.11. The second-order valence-electron chi connectivity index (χ2n) is 3.11. The summed E-state index contributed by atoms with van der Waals surface area (Å²) in [4.78, 5) is 21.8. The summed E-state index contributed by atoms with van der Waals surface area (Å²) < 4.78 is 0. The highest BCUT2D eigenvalue weighted by molar-refractivity contribution is 5.98. The van der Waals surface area contributed by atoms with E-state index in [9.17, 15) is 14.9 Å². The molecule has 16 heavy (non-hydrogen) atoms. The Balaban J connectivity index is 3.14. The Kier molecular flexibility index (Phi) is 3.62. The predicted molar refractivity (Wildman–Crippen MR) is 59.0 cm³/mol. The average Bonchev–Trinajstić information content (AvgIpc) is 2.24. The molecule has 0 atom stereocenters. The van der Waals surface area contributed by atoms with E-state index in [4.69, 9.17) is 6.42 Å². The number of aryl methyl sites for hydroxylation is 1. The highest BCUT2D eigenvalue weighted by Crippen LogP contribution is 2.22. The zero-order valence-corrected chi connectivity index (χ0v) is 8.69. The van der Waals surface area contributed by atoms with Crippen LogP contribution in [0.1, 0.15) is 15.9 Å². The zero-order valence-electron chi connectivity index (χ0n) is 8.69. The smallest absolute Gasteiger partial charge is 0.285 e. The number of nitro benzene ring substituents is 1. The molecule has 82 valence electrons. The predicted octanol–water partition coefficient (Wildman–Crippen LogP) is 1.27. The molecule has 0 aliphatic heterocycles. The van der Waals surface area contributed by atoms with Crippen molar-refractivity contribution in [3.8, 4) is 12.3 Å². The van der Waals surface area contributed by atoms with Crippen molar-refractivity contribution in [1.29, 1.82) is 0 Å². The summed E-state index contributed by atoms with van der Waals surface area (Å²) in [7, 11) is 0. The Hall–Kier alpha value is -2.35. The fourth-order valence-electron chi connectivity index (χ4n) is 1.31. The summed E-state index contributed by atoms with van der Waals surface area (Å²) in [6.45, 7) is 1.63. The number of hydrogen-bond donors (Lipinski definition) is 1. The van der Waals surface area contributed by atoms with Gasteiger partial charge in [-0.15, -0.1) is 6.42 Å². The van der Waals surface area contributed by atoms with E-state index in [2.05, 4.69) is 11.2 Å². The number of hydrogen-bond acceptors (Lipinski definition) is 3. The molecule has 0 radical (unpaired) electrons. The van der Waals surface area contributed by atoms with Crippen molar-refractivity contribution in [2.24, 2.45) is 0 Å². The number of para-hydroxylation sites is 1. The molecule has 0 saturated heterocycles. The van der Waals surface area contributed by atoms with Crippen LogP contribution in [0.2, 0.25) is 0 Å². The largest absolute Gasteiger partial charge is 0.341 e. The van der Waals surface area contributed by atoms with Gasteiger partial charge in [-0.05, 0) is 13.0 Å². The molecule has 1 aromatic carbocycles. The summed E-state index contributed by atoms with van der Waals surface area (Å²) >= 11 is 0. The lowest BCUT2D eigenvalue weighted by molar-refractivity contribution is -0.385. The summed E-state index contributed by atoms with van der Waals surface area (Å²) in [5.74, 6) is 1.70. The van der Waals surface area contributed by atoms with Crippen LogP contribution in [0.25, 0.3) is 0 Å². The molecule has 0 fully saturated rings. The first-order valence-electron chi connectivity index (χ1n) is 4.53. The fourth-order valence-corrected chi connectivity index (χ4v) is 1.31. The number of nitro groups is 1. The summed E-state index contributed by atoms with van der Waals surface area (Å²) in [6.07, 6.45) is 4.98. The van der Waals surface area contributed by atoms with Crippen LogP contribution in [-0.4, -0.2) is 17.4 Å². The van der Waals surface area contributed by atoms with Gasteiger partial charge in [0.2, 0.25) is 0 Å². The van der Waals surface area contributed by atoms with Gasteiger partial charge in [-0.1, -0.05) is 18.1 Å². The van der Waals surface area contributed by atoms with Gasteiger partial charge in [0.15, 0.2) is 0 Å². The van der Waals surface area contributed by atoms with Gasteiger partial charge in [0, 0.05) is 5.56 Å².